The van der Waals surface area contributed by atoms with E-state index >= 15 is 0 Å². The van der Waals surface area contributed by atoms with Gasteiger partial charge in [0.2, 0.25) is 0 Å². The molecule has 0 unspecified atom stereocenters. The molecule has 1 aromatic carbocycles. The lowest BCUT2D eigenvalue weighted by molar-refractivity contribution is 0.300. The lowest BCUT2D eigenvalue weighted by Gasteiger charge is -2.08. The van der Waals surface area contributed by atoms with Crippen LogP contribution in [-0.2, 0) is 6.54 Å². The Hall–Kier alpha value is -2.30. The van der Waals surface area contributed by atoms with Crippen molar-refractivity contribution in [2.75, 3.05) is 12.3 Å². The number of anilines is 1. The van der Waals surface area contributed by atoms with Gasteiger partial charge in [-0.1, -0.05) is 0 Å². The second-order valence-electron chi connectivity index (χ2n) is 4.38. The Labute approximate surface area is 111 Å². The maximum atomic E-state index is 11.5. The topological polar surface area (TPSA) is 70.1 Å². The summed E-state index contributed by atoms with van der Waals surface area (Å²) in [6.45, 7) is 3.06. The molecule has 0 radical (unpaired) electrons. The molecular formula is C14H17N3O2. The number of hydrogen-bond donors (Lipinski definition) is 1. The van der Waals surface area contributed by atoms with Gasteiger partial charge in [-0.2, -0.15) is 0 Å². The van der Waals surface area contributed by atoms with E-state index in [1.807, 2.05) is 19.1 Å². The highest BCUT2D eigenvalue weighted by molar-refractivity contribution is 5.41. The second kappa shape index (κ2) is 6.04. The Morgan fingerprint density at radius 3 is 2.79 bits per heavy atom. The van der Waals surface area contributed by atoms with E-state index in [1.165, 1.54) is 0 Å². The SMILES string of the molecule is Cc1cnc(=O)n(CCCOc2ccc(N)cc2)c1. The van der Waals surface area contributed by atoms with Crippen LogP contribution in [0.15, 0.2) is 41.5 Å². The number of nitrogens with zero attached hydrogens (tertiary/aromatic N) is 2. The molecule has 0 saturated heterocycles. The van der Waals surface area contributed by atoms with Gasteiger partial charge in [0.1, 0.15) is 5.75 Å². The van der Waals surface area contributed by atoms with Crippen LogP contribution in [0, 0.1) is 6.92 Å². The molecule has 100 valence electrons. The summed E-state index contributed by atoms with van der Waals surface area (Å²) >= 11 is 0. The maximum absolute atomic E-state index is 11.5. The molecule has 0 fully saturated rings. The highest BCUT2D eigenvalue weighted by atomic mass is 16.5. The first-order valence-electron chi connectivity index (χ1n) is 6.16. The summed E-state index contributed by atoms with van der Waals surface area (Å²) in [6, 6.07) is 7.25. The van der Waals surface area contributed by atoms with Crippen LogP contribution in [0.25, 0.3) is 0 Å². The normalized spacial score (nSPS) is 10.4. The largest absolute Gasteiger partial charge is 0.494 e. The van der Waals surface area contributed by atoms with E-state index in [2.05, 4.69) is 4.98 Å². The first kappa shape index (κ1) is 13.1. The Bertz CT molecular complexity index is 590. The molecule has 0 bridgehead atoms. The predicted octanol–water partition coefficient (Wildman–Crippen LogP) is 1.60. The Morgan fingerprint density at radius 1 is 1.32 bits per heavy atom. The summed E-state index contributed by atoms with van der Waals surface area (Å²) in [7, 11) is 0. The van der Waals surface area contributed by atoms with Gasteiger partial charge in [-0.25, -0.2) is 9.78 Å². The molecule has 1 aromatic heterocycles. The molecule has 0 atom stereocenters. The Balaban J connectivity index is 1.82. The quantitative estimate of drug-likeness (QED) is 0.654. The molecule has 5 nitrogen and oxygen atoms in total. The lowest BCUT2D eigenvalue weighted by Crippen LogP contribution is -2.23. The predicted molar refractivity (Wildman–Crippen MR) is 74.2 cm³/mol. The van der Waals surface area contributed by atoms with E-state index in [1.54, 1.807) is 29.1 Å². The number of rotatable bonds is 5. The number of nitrogen functional groups attached to an aromatic ring is 1. The van der Waals surface area contributed by atoms with Crippen molar-refractivity contribution in [2.45, 2.75) is 19.9 Å². The van der Waals surface area contributed by atoms with Crippen LogP contribution in [-0.4, -0.2) is 16.2 Å². The van der Waals surface area contributed by atoms with Crippen LogP contribution in [0.3, 0.4) is 0 Å². The Morgan fingerprint density at radius 2 is 2.05 bits per heavy atom. The van der Waals surface area contributed by atoms with Crippen LogP contribution < -0.4 is 16.2 Å². The van der Waals surface area contributed by atoms with Crippen molar-refractivity contribution in [1.29, 1.82) is 0 Å². The third-order valence-corrected chi connectivity index (χ3v) is 2.68. The third kappa shape index (κ3) is 3.84. The summed E-state index contributed by atoms with van der Waals surface area (Å²) in [4.78, 5) is 15.2. The molecule has 0 spiro atoms. The van der Waals surface area contributed by atoms with E-state index in [0.717, 1.165) is 17.7 Å². The monoisotopic (exact) mass is 259 g/mol. The maximum Gasteiger partial charge on any atom is 0.347 e. The number of aromatic nitrogens is 2. The number of nitrogens with two attached hydrogens (primary N) is 1. The van der Waals surface area contributed by atoms with E-state index in [0.29, 0.717) is 18.8 Å². The van der Waals surface area contributed by atoms with E-state index < -0.39 is 0 Å². The van der Waals surface area contributed by atoms with Gasteiger partial charge in [-0.15, -0.1) is 0 Å². The molecule has 1 heterocycles. The van der Waals surface area contributed by atoms with Gasteiger partial charge in [0, 0.05) is 24.6 Å². The molecule has 0 aliphatic heterocycles. The minimum absolute atomic E-state index is 0.224. The average Bonchev–Trinajstić information content (AvgIpc) is 2.40. The number of hydrogen-bond acceptors (Lipinski definition) is 4. The smallest absolute Gasteiger partial charge is 0.347 e. The zero-order chi connectivity index (χ0) is 13.7. The second-order valence-corrected chi connectivity index (χ2v) is 4.38. The summed E-state index contributed by atoms with van der Waals surface area (Å²) in [6.07, 6.45) is 4.12. The van der Waals surface area contributed by atoms with Crippen molar-refractivity contribution in [3.63, 3.8) is 0 Å². The Kier molecular flexibility index (Phi) is 4.18. The third-order valence-electron chi connectivity index (χ3n) is 2.68. The standard InChI is InChI=1S/C14H17N3O2/c1-11-9-16-14(18)17(10-11)7-2-8-19-13-5-3-12(15)4-6-13/h3-6,9-10H,2,7-8,15H2,1H3. The first-order chi connectivity index (χ1) is 9.15. The number of ether oxygens (including phenoxy) is 1. The molecule has 0 aliphatic rings. The summed E-state index contributed by atoms with van der Waals surface area (Å²) in [5.41, 5.74) is 7.05. The van der Waals surface area contributed by atoms with Crippen molar-refractivity contribution in [2.24, 2.45) is 0 Å². The number of aryl methyl sites for hydroxylation is 2. The fourth-order valence-corrected chi connectivity index (χ4v) is 1.71. The minimum atomic E-state index is -0.224. The molecule has 0 saturated carbocycles. The van der Waals surface area contributed by atoms with Gasteiger partial charge in [0.15, 0.2) is 0 Å². The van der Waals surface area contributed by atoms with E-state index in [4.69, 9.17) is 10.5 Å². The first-order valence-corrected chi connectivity index (χ1v) is 6.16. The molecule has 2 N–H and O–H groups in total. The molecule has 19 heavy (non-hydrogen) atoms. The molecule has 2 rings (SSSR count). The van der Waals surface area contributed by atoms with Gasteiger partial charge < -0.3 is 10.5 Å². The molecule has 0 aliphatic carbocycles. The van der Waals surface area contributed by atoms with Crippen LogP contribution in [0.4, 0.5) is 5.69 Å². The van der Waals surface area contributed by atoms with Gasteiger partial charge in [-0.3, -0.25) is 4.57 Å². The van der Waals surface area contributed by atoms with Gasteiger partial charge in [0.05, 0.1) is 6.61 Å². The summed E-state index contributed by atoms with van der Waals surface area (Å²) < 4.78 is 7.16. The van der Waals surface area contributed by atoms with Crippen molar-refractivity contribution >= 4 is 5.69 Å². The molecule has 5 heteroatoms. The highest BCUT2D eigenvalue weighted by Crippen LogP contribution is 2.13. The zero-order valence-corrected chi connectivity index (χ0v) is 10.9. The fourth-order valence-electron chi connectivity index (χ4n) is 1.71. The van der Waals surface area contributed by atoms with Gasteiger partial charge in [0.25, 0.3) is 0 Å². The average molecular weight is 259 g/mol. The zero-order valence-electron chi connectivity index (χ0n) is 10.9. The molecule has 0 amide bonds. The van der Waals surface area contributed by atoms with Crippen LogP contribution >= 0.6 is 0 Å². The minimum Gasteiger partial charge on any atom is -0.494 e. The molecule has 2 aromatic rings. The van der Waals surface area contributed by atoms with Crippen molar-refractivity contribution in [1.82, 2.24) is 9.55 Å². The highest BCUT2D eigenvalue weighted by Gasteiger charge is 1.98. The van der Waals surface area contributed by atoms with Crippen molar-refractivity contribution < 1.29 is 4.74 Å². The summed E-state index contributed by atoms with van der Waals surface area (Å²) in [5.74, 6) is 0.781. The lowest BCUT2D eigenvalue weighted by atomic mass is 10.3. The molecular weight excluding hydrogens is 242 g/mol. The van der Waals surface area contributed by atoms with E-state index in [-0.39, 0.29) is 5.69 Å². The van der Waals surface area contributed by atoms with E-state index in [9.17, 15) is 4.79 Å². The van der Waals surface area contributed by atoms with Gasteiger partial charge in [-0.05, 0) is 43.2 Å². The van der Waals surface area contributed by atoms with Crippen LogP contribution in [0.1, 0.15) is 12.0 Å². The number of benzene rings is 1. The van der Waals surface area contributed by atoms with Gasteiger partial charge >= 0.3 is 5.69 Å². The van der Waals surface area contributed by atoms with Crippen molar-refractivity contribution in [3.8, 4) is 5.75 Å². The van der Waals surface area contributed by atoms with Crippen LogP contribution in [0.2, 0.25) is 0 Å². The summed E-state index contributed by atoms with van der Waals surface area (Å²) in [5, 5.41) is 0. The fraction of sp³-hybridized carbons (Fsp3) is 0.286. The van der Waals surface area contributed by atoms with Crippen LogP contribution in [0.5, 0.6) is 5.75 Å². The van der Waals surface area contributed by atoms with Crippen molar-refractivity contribution in [3.05, 3.63) is 52.7 Å².